The Labute approximate surface area is 147 Å². The Kier molecular flexibility index (Phi) is 4.31. The Balaban J connectivity index is 2.12. The van der Waals surface area contributed by atoms with E-state index in [9.17, 15) is 9.90 Å². The Bertz CT molecular complexity index is 853. The van der Waals surface area contributed by atoms with E-state index in [-0.39, 0.29) is 23.9 Å². The monoisotopic (exact) mass is 334 g/mol. The van der Waals surface area contributed by atoms with Crippen LogP contribution in [0.3, 0.4) is 0 Å². The topological polar surface area (TPSA) is 76.2 Å². The van der Waals surface area contributed by atoms with Crippen LogP contribution in [-0.2, 0) is 0 Å². The van der Waals surface area contributed by atoms with Gasteiger partial charge in [-0.25, -0.2) is 4.98 Å². The minimum atomic E-state index is -1.10. The molecule has 1 unspecified atom stereocenters. The molecule has 0 saturated heterocycles. The van der Waals surface area contributed by atoms with E-state index in [1.807, 2.05) is 56.3 Å². The first-order valence-corrected chi connectivity index (χ1v) is 8.26. The Morgan fingerprint density at radius 2 is 1.84 bits per heavy atom. The third kappa shape index (κ3) is 2.68. The maximum absolute atomic E-state index is 13.3. The van der Waals surface area contributed by atoms with E-state index in [0.717, 1.165) is 11.1 Å². The second kappa shape index (κ2) is 6.30. The number of hydrogen-bond acceptors (Lipinski definition) is 4. The number of carbonyl (C=O) groups excluding carboxylic acids is 1. The molecule has 0 bridgehead atoms. The summed E-state index contributed by atoms with van der Waals surface area (Å²) in [6, 6.07) is 14.9. The highest BCUT2D eigenvalue weighted by Crippen LogP contribution is 2.53. The lowest BCUT2D eigenvalue weighted by molar-refractivity contribution is 0.0518. The molecule has 0 spiro atoms. The quantitative estimate of drug-likeness (QED) is 0.839. The van der Waals surface area contributed by atoms with Crippen molar-refractivity contribution in [2.75, 3.05) is 12.3 Å². The number of hydrogen-bond donors (Lipinski definition) is 2. The highest BCUT2D eigenvalue weighted by molar-refractivity contribution is 6.03. The zero-order chi connectivity index (χ0) is 18.1. The van der Waals surface area contributed by atoms with Crippen LogP contribution in [0.15, 0.2) is 66.8 Å². The molecule has 0 aliphatic heterocycles. The molecule has 0 amide bonds. The van der Waals surface area contributed by atoms with E-state index in [1.54, 1.807) is 24.3 Å². The van der Waals surface area contributed by atoms with Gasteiger partial charge >= 0.3 is 0 Å². The summed E-state index contributed by atoms with van der Waals surface area (Å²) in [5, 5.41) is 10.3. The minimum absolute atomic E-state index is 0.231. The van der Waals surface area contributed by atoms with Gasteiger partial charge in [-0.3, -0.25) is 4.79 Å². The average Bonchev–Trinajstić information content (AvgIpc) is 2.61. The van der Waals surface area contributed by atoms with E-state index in [4.69, 9.17) is 5.73 Å². The van der Waals surface area contributed by atoms with Crippen molar-refractivity contribution in [1.29, 1.82) is 0 Å². The SMILES string of the molecule is CC1(C)C(c2ccccc2)=CC=CC1(CO)C(=O)c1cccc(N)n1. The number of carbonyl (C=O) groups is 1. The number of benzene rings is 1. The van der Waals surface area contributed by atoms with Crippen LogP contribution in [0.2, 0.25) is 0 Å². The van der Waals surface area contributed by atoms with Crippen LogP contribution in [-0.4, -0.2) is 22.5 Å². The molecule has 3 rings (SSSR count). The van der Waals surface area contributed by atoms with Gasteiger partial charge in [-0.1, -0.05) is 68.5 Å². The second-order valence-electron chi connectivity index (χ2n) is 6.84. The first-order valence-electron chi connectivity index (χ1n) is 8.26. The third-order valence-electron chi connectivity index (χ3n) is 5.17. The van der Waals surface area contributed by atoms with Crippen molar-refractivity contribution >= 4 is 17.2 Å². The lowest BCUT2D eigenvalue weighted by atomic mass is 9.56. The van der Waals surface area contributed by atoms with Crippen molar-refractivity contribution in [3.63, 3.8) is 0 Å². The van der Waals surface area contributed by atoms with Gasteiger partial charge in [0, 0.05) is 5.41 Å². The van der Waals surface area contributed by atoms with E-state index in [2.05, 4.69) is 4.98 Å². The average molecular weight is 334 g/mol. The number of pyridine rings is 1. The van der Waals surface area contributed by atoms with Crippen molar-refractivity contribution in [3.05, 3.63) is 78.0 Å². The van der Waals surface area contributed by atoms with E-state index < -0.39 is 10.8 Å². The Morgan fingerprint density at radius 1 is 1.12 bits per heavy atom. The van der Waals surface area contributed by atoms with Crippen LogP contribution in [0.25, 0.3) is 5.57 Å². The molecule has 1 aromatic carbocycles. The number of aliphatic hydroxyl groups is 1. The normalized spacial score (nSPS) is 21.6. The molecule has 128 valence electrons. The summed E-state index contributed by atoms with van der Waals surface area (Å²) >= 11 is 0. The van der Waals surface area contributed by atoms with Gasteiger partial charge in [-0.05, 0) is 23.3 Å². The summed E-state index contributed by atoms with van der Waals surface area (Å²) in [5.41, 5.74) is 6.31. The number of aliphatic hydroxyl groups excluding tert-OH is 1. The molecule has 4 nitrogen and oxygen atoms in total. The first-order chi connectivity index (χ1) is 11.9. The molecule has 1 atom stereocenters. The van der Waals surface area contributed by atoms with Crippen LogP contribution in [0.1, 0.15) is 29.9 Å². The van der Waals surface area contributed by atoms with Gasteiger partial charge in [0.15, 0.2) is 5.78 Å². The third-order valence-corrected chi connectivity index (χ3v) is 5.17. The molecular formula is C21H22N2O2. The van der Waals surface area contributed by atoms with Crippen LogP contribution < -0.4 is 5.73 Å². The van der Waals surface area contributed by atoms with E-state index >= 15 is 0 Å². The van der Waals surface area contributed by atoms with E-state index in [1.165, 1.54) is 0 Å². The summed E-state index contributed by atoms with van der Waals surface area (Å²) in [7, 11) is 0. The van der Waals surface area contributed by atoms with E-state index in [0.29, 0.717) is 0 Å². The molecular weight excluding hydrogens is 312 g/mol. The maximum Gasteiger partial charge on any atom is 0.194 e. The van der Waals surface area contributed by atoms with Crippen molar-refractivity contribution in [2.24, 2.45) is 10.8 Å². The fourth-order valence-electron chi connectivity index (χ4n) is 3.53. The number of nitrogens with two attached hydrogens (primary N) is 1. The van der Waals surface area contributed by atoms with Gasteiger partial charge in [-0.15, -0.1) is 0 Å². The standard InChI is InChI=1S/C21H22N2O2/c1-20(2)16(15-8-4-3-5-9-15)10-7-13-21(20,14-24)19(25)17-11-6-12-18(22)23-17/h3-13,24H,14H2,1-2H3,(H2,22,23). The lowest BCUT2D eigenvalue weighted by Crippen LogP contribution is -2.48. The zero-order valence-corrected chi connectivity index (χ0v) is 14.4. The van der Waals surface area contributed by atoms with Crippen molar-refractivity contribution < 1.29 is 9.90 Å². The number of anilines is 1. The van der Waals surface area contributed by atoms with Gasteiger partial charge in [-0.2, -0.15) is 0 Å². The molecule has 3 N–H and O–H groups in total. The van der Waals surface area contributed by atoms with Crippen LogP contribution in [0.5, 0.6) is 0 Å². The Hall–Kier alpha value is -2.72. The molecule has 0 fully saturated rings. The second-order valence-corrected chi connectivity index (χ2v) is 6.84. The summed E-state index contributed by atoms with van der Waals surface area (Å²) in [4.78, 5) is 17.5. The smallest absolute Gasteiger partial charge is 0.194 e. The summed E-state index contributed by atoms with van der Waals surface area (Å²) < 4.78 is 0. The largest absolute Gasteiger partial charge is 0.395 e. The summed E-state index contributed by atoms with van der Waals surface area (Å²) in [6.45, 7) is 3.65. The number of nitrogen functional groups attached to an aromatic ring is 1. The van der Waals surface area contributed by atoms with Crippen molar-refractivity contribution in [1.82, 2.24) is 4.98 Å². The molecule has 25 heavy (non-hydrogen) atoms. The highest BCUT2D eigenvalue weighted by Gasteiger charge is 2.52. The van der Waals surface area contributed by atoms with Crippen LogP contribution in [0.4, 0.5) is 5.82 Å². The number of allylic oxidation sites excluding steroid dienone is 3. The molecule has 4 heteroatoms. The number of aromatic nitrogens is 1. The Morgan fingerprint density at radius 3 is 2.48 bits per heavy atom. The number of rotatable bonds is 4. The van der Waals surface area contributed by atoms with Gasteiger partial charge in [0.2, 0.25) is 0 Å². The highest BCUT2D eigenvalue weighted by atomic mass is 16.3. The van der Waals surface area contributed by atoms with Gasteiger partial charge < -0.3 is 10.8 Å². The van der Waals surface area contributed by atoms with Crippen molar-refractivity contribution in [2.45, 2.75) is 13.8 Å². The molecule has 0 radical (unpaired) electrons. The number of nitrogens with zero attached hydrogens (tertiary/aromatic N) is 1. The lowest BCUT2D eigenvalue weighted by Gasteiger charge is -2.46. The fraction of sp³-hybridized carbons (Fsp3) is 0.238. The molecule has 1 heterocycles. The zero-order valence-electron chi connectivity index (χ0n) is 14.4. The van der Waals surface area contributed by atoms with Crippen LogP contribution >= 0.6 is 0 Å². The molecule has 1 aromatic heterocycles. The maximum atomic E-state index is 13.3. The molecule has 1 aliphatic rings. The summed E-state index contributed by atoms with van der Waals surface area (Å²) in [5.74, 6) is 0.0560. The summed E-state index contributed by atoms with van der Waals surface area (Å²) in [6.07, 6.45) is 5.63. The van der Waals surface area contributed by atoms with Gasteiger partial charge in [0.1, 0.15) is 11.5 Å². The number of ketones is 1. The molecule has 1 aliphatic carbocycles. The molecule has 2 aromatic rings. The number of Topliss-reactive ketones (excluding diaryl/α,β-unsaturated/α-hetero) is 1. The van der Waals surface area contributed by atoms with Crippen molar-refractivity contribution in [3.8, 4) is 0 Å². The van der Waals surface area contributed by atoms with Crippen LogP contribution in [0, 0.1) is 10.8 Å². The fourth-order valence-corrected chi connectivity index (χ4v) is 3.53. The first kappa shape index (κ1) is 17.1. The molecule has 0 saturated carbocycles. The van der Waals surface area contributed by atoms with Gasteiger partial charge in [0.05, 0.1) is 12.0 Å². The predicted octanol–water partition coefficient (Wildman–Crippen LogP) is 3.50. The minimum Gasteiger partial charge on any atom is -0.395 e. The van der Waals surface area contributed by atoms with Gasteiger partial charge in [0.25, 0.3) is 0 Å². The predicted molar refractivity (Wildman–Crippen MR) is 99.8 cm³/mol.